The number of amides is 1. The molecule has 0 fully saturated rings. The van der Waals surface area contributed by atoms with E-state index in [-0.39, 0.29) is 5.91 Å². The van der Waals surface area contributed by atoms with E-state index < -0.39 is 0 Å². The summed E-state index contributed by atoms with van der Waals surface area (Å²) in [6, 6.07) is 10.4. The molecule has 4 nitrogen and oxygen atoms in total. The third-order valence-corrected chi connectivity index (χ3v) is 3.90. The highest BCUT2D eigenvalue weighted by atomic mass is 32.1. The Bertz CT molecular complexity index is 566. The van der Waals surface area contributed by atoms with Crippen molar-refractivity contribution in [3.05, 3.63) is 40.9 Å². The lowest BCUT2D eigenvalue weighted by molar-refractivity contribution is -0.116. The SMILES string of the molecule is CC(C)CC(=O)Nc1nnc(CCCc2ccccc2)s1. The minimum Gasteiger partial charge on any atom is -0.301 e. The minimum absolute atomic E-state index is 0.0111. The number of carbonyl (C=O) groups excluding carboxylic acids is 1. The molecule has 0 radical (unpaired) electrons. The molecule has 2 aromatic rings. The fourth-order valence-electron chi connectivity index (χ4n) is 2.03. The molecule has 5 heteroatoms. The molecule has 2 rings (SSSR count). The summed E-state index contributed by atoms with van der Waals surface area (Å²) >= 11 is 1.47. The van der Waals surface area contributed by atoms with Gasteiger partial charge in [0.2, 0.25) is 11.0 Å². The van der Waals surface area contributed by atoms with Gasteiger partial charge in [0.25, 0.3) is 0 Å². The zero-order chi connectivity index (χ0) is 15.1. The van der Waals surface area contributed by atoms with E-state index in [0.717, 1.165) is 24.3 Å². The molecular weight excluding hydrogens is 282 g/mol. The smallest absolute Gasteiger partial charge is 0.226 e. The molecule has 0 saturated heterocycles. The maximum Gasteiger partial charge on any atom is 0.226 e. The van der Waals surface area contributed by atoms with Crippen molar-refractivity contribution >= 4 is 22.4 Å². The predicted octanol–water partition coefficient (Wildman–Crippen LogP) is 3.70. The molecule has 1 heterocycles. The van der Waals surface area contributed by atoms with Gasteiger partial charge in [-0.3, -0.25) is 4.79 Å². The van der Waals surface area contributed by atoms with Crippen LogP contribution in [0, 0.1) is 5.92 Å². The Balaban J connectivity index is 1.76. The lowest BCUT2D eigenvalue weighted by Gasteiger charge is -2.02. The molecule has 112 valence electrons. The number of nitrogens with zero attached hydrogens (tertiary/aromatic N) is 2. The Hall–Kier alpha value is -1.75. The Kier molecular flexibility index (Phi) is 5.87. The van der Waals surface area contributed by atoms with Gasteiger partial charge in [0.1, 0.15) is 5.01 Å². The van der Waals surface area contributed by atoms with Crippen LogP contribution >= 0.6 is 11.3 Å². The monoisotopic (exact) mass is 303 g/mol. The van der Waals surface area contributed by atoms with Gasteiger partial charge in [-0.25, -0.2) is 0 Å². The highest BCUT2D eigenvalue weighted by molar-refractivity contribution is 7.15. The molecule has 1 aromatic heterocycles. The number of aromatic nitrogens is 2. The van der Waals surface area contributed by atoms with Crippen molar-refractivity contribution in [1.82, 2.24) is 10.2 Å². The first kappa shape index (κ1) is 15.6. The Labute approximate surface area is 129 Å². The summed E-state index contributed by atoms with van der Waals surface area (Å²) in [6.45, 7) is 4.05. The standard InChI is InChI=1S/C16H21N3OS/c1-12(2)11-14(20)17-16-19-18-15(21-16)10-6-9-13-7-4-3-5-8-13/h3-5,7-8,12H,6,9-11H2,1-2H3,(H,17,19,20). The first-order valence-corrected chi connectivity index (χ1v) is 8.11. The van der Waals surface area contributed by atoms with Gasteiger partial charge >= 0.3 is 0 Å². The van der Waals surface area contributed by atoms with Crippen LogP contribution < -0.4 is 5.32 Å². The first-order chi connectivity index (χ1) is 10.1. The molecule has 0 saturated carbocycles. The Morgan fingerprint density at radius 1 is 1.19 bits per heavy atom. The van der Waals surface area contributed by atoms with E-state index >= 15 is 0 Å². The van der Waals surface area contributed by atoms with Crippen molar-refractivity contribution in [1.29, 1.82) is 0 Å². The summed E-state index contributed by atoms with van der Waals surface area (Å²) in [6.07, 6.45) is 3.49. The van der Waals surface area contributed by atoms with Gasteiger partial charge in [0, 0.05) is 12.8 Å². The van der Waals surface area contributed by atoms with Crippen molar-refractivity contribution in [2.24, 2.45) is 5.92 Å². The van der Waals surface area contributed by atoms with Gasteiger partial charge < -0.3 is 5.32 Å². The average molecular weight is 303 g/mol. The molecule has 1 amide bonds. The number of nitrogens with one attached hydrogen (secondary N) is 1. The summed E-state index contributed by atoms with van der Waals surface area (Å²) in [5.74, 6) is 0.361. The van der Waals surface area contributed by atoms with Gasteiger partial charge in [-0.2, -0.15) is 0 Å². The number of aryl methyl sites for hydroxylation is 2. The van der Waals surface area contributed by atoms with Crippen LogP contribution in [-0.4, -0.2) is 16.1 Å². The van der Waals surface area contributed by atoms with Crippen LogP contribution in [0.1, 0.15) is 37.3 Å². The van der Waals surface area contributed by atoms with E-state index in [1.807, 2.05) is 19.9 Å². The molecule has 0 aliphatic carbocycles. The fraction of sp³-hybridized carbons (Fsp3) is 0.438. The second kappa shape index (κ2) is 7.88. The number of hydrogen-bond acceptors (Lipinski definition) is 4. The third-order valence-electron chi connectivity index (χ3n) is 3.01. The molecule has 0 aliphatic heterocycles. The van der Waals surface area contributed by atoms with E-state index in [1.54, 1.807) is 0 Å². The third kappa shape index (κ3) is 5.63. The molecule has 0 spiro atoms. The Morgan fingerprint density at radius 2 is 1.95 bits per heavy atom. The van der Waals surface area contributed by atoms with E-state index in [4.69, 9.17) is 0 Å². The summed E-state index contributed by atoms with van der Waals surface area (Å²) in [7, 11) is 0. The van der Waals surface area contributed by atoms with Crippen LogP contribution in [-0.2, 0) is 17.6 Å². The summed E-state index contributed by atoms with van der Waals surface area (Å²) in [5, 5.41) is 12.6. The van der Waals surface area contributed by atoms with E-state index in [0.29, 0.717) is 17.5 Å². The van der Waals surface area contributed by atoms with Crippen LogP contribution in [0.3, 0.4) is 0 Å². The van der Waals surface area contributed by atoms with Gasteiger partial charge in [-0.15, -0.1) is 10.2 Å². The van der Waals surface area contributed by atoms with Gasteiger partial charge in [0.15, 0.2) is 0 Å². The molecule has 1 aromatic carbocycles. The molecule has 1 N–H and O–H groups in total. The topological polar surface area (TPSA) is 54.9 Å². The number of rotatable bonds is 7. The van der Waals surface area contributed by atoms with E-state index in [9.17, 15) is 4.79 Å². The van der Waals surface area contributed by atoms with E-state index in [2.05, 4.69) is 39.8 Å². The summed E-state index contributed by atoms with van der Waals surface area (Å²) < 4.78 is 0. The van der Waals surface area contributed by atoms with Crippen molar-refractivity contribution in [2.45, 2.75) is 39.5 Å². The van der Waals surface area contributed by atoms with Crippen molar-refractivity contribution < 1.29 is 4.79 Å². The molecule has 0 unspecified atom stereocenters. The normalized spacial score (nSPS) is 10.8. The largest absolute Gasteiger partial charge is 0.301 e. The molecule has 21 heavy (non-hydrogen) atoms. The highest BCUT2D eigenvalue weighted by Gasteiger charge is 2.09. The lowest BCUT2D eigenvalue weighted by Crippen LogP contribution is -2.13. The molecule has 0 bridgehead atoms. The first-order valence-electron chi connectivity index (χ1n) is 7.29. The average Bonchev–Trinajstić information content (AvgIpc) is 2.86. The second-order valence-electron chi connectivity index (χ2n) is 5.49. The van der Waals surface area contributed by atoms with Crippen LogP contribution in [0.5, 0.6) is 0 Å². The number of hydrogen-bond donors (Lipinski definition) is 1. The maximum atomic E-state index is 11.7. The summed E-state index contributed by atoms with van der Waals surface area (Å²) in [5.41, 5.74) is 1.34. The quantitative estimate of drug-likeness (QED) is 0.848. The Morgan fingerprint density at radius 3 is 2.67 bits per heavy atom. The fourth-order valence-corrected chi connectivity index (χ4v) is 2.83. The summed E-state index contributed by atoms with van der Waals surface area (Å²) in [4.78, 5) is 11.7. The highest BCUT2D eigenvalue weighted by Crippen LogP contribution is 2.18. The lowest BCUT2D eigenvalue weighted by atomic mass is 10.1. The van der Waals surface area contributed by atoms with Crippen LogP contribution in [0.25, 0.3) is 0 Å². The van der Waals surface area contributed by atoms with Crippen molar-refractivity contribution in [3.8, 4) is 0 Å². The van der Waals surface area contributed by atoms with Gasteiger partial charge in [-0.05, 0) is 24.3 Å². The van der Waals surface area contributed by atoms with Crippen LogP contribution in [0.2, 0.25) is 0 Å². The maximum absolute atomic E-state index is 11.7. The van der Waals surface area contributed by atoms with E-state index in [1.165, 1.54) is 16.9 Å². The zero-order valence-electron chi connectivity index (χ0n) is 12.5. The molecule has 0 atom stereocenters. The predicted molar refractivity (Wildman–Crippen MR) is 86.5 cm³/mol. The van der Waals surface area contributed by atoms with Crippen LogP contribution in [0.4, 0.5) is 5.13 Å². The molecular formula is C16H21N3OS. The second-order valence-corrected chi connectivity index (χ2v) is 6.55. The number of anilines is 1. The van der Waals surface area contributed by atoms with Crippen molar-refractivity contribution in [2.75, 3.05) is 5.32 Å². The van der Waals surface area contributed by atoms with Crippen LogP contribution in [0.15, 0.2) is 30.3 Å². The minimum atomic E-state index is 0.0111. The molecule has 0 aliphatic rings. The van der Waals surface area contributed by atoms with Crippen molar-refractivity contribution in [3.63, 3.8) is 0 Å². The number of carbonyl (C=O) groups is 1. The van der Waals surface area contributed by atoms with Gasteiger partial charge in [-0.1, -0.05) is 55.5 Å². The zero-order valence-corrected chi connectivity index (χ0v) is 13.3. The van der Waals surface area contributed by atoms with Gasteiger partial charge in [0.05, 0.1) is 0 Å². The number of benzene rings is 1.